The summed E-state index contributed by atoms with van der Waals surface area (Å²) in [7, 11) is 0. The van der Waals surface area contributed by atoms with E-state index < -0.39 is 23.8 Å². The van der Waals surface area contributed by atoms with Crippen LogP contribution in [0.3, 0.4) is 0 Å². The largest absolute Gasteiger partial charge is 0.481 e. The second-order valence-corrected chi connectivity index (χ2v) is 4.91. The average Bonchev–Trinajstić information content (AvgIpc) is 2.24. The Bertz CT molecular complexity index is 262. The maximum absolute atomic E-state index is 11.2. The van der Waals surface area contributed by atoms with Crippen LogP contribution in [0.4, 0.5) is 0 Å². The molecule has 0 spiro atoms. The fraction of sp³-hybridized carbons (Fsp3) is 0.846. The van der Waals surface area contributed by atoms with E-state index in [9.17, 15) is 14.7 Å². The Hall–Kier alpha value is -1.06. The van der Waals surface area contributed by atoms with Crippen molar-refractivity contribution in [2.45, 2.75) is 47.0 Å². The highest BCUT2D eigenvalue weighted by Crippen LogP contribution is 2.29. The first-order valence-corrected chi connectivity index (χ1v) is 6.30. The lowest BCUT2D eigenvalue weighted by molar-refractivity contribution is -0.148. The molecule has 100 valence electrons. The maximum atomic E-state index is 11.2. The van der Waals surface area contributed by atoms with Crippen molar-refractivity contribution >= 4 is 11.9 Å². The van der Waals surface area contributed by atoms with E-state index >= 15 is 0 Å². The molecule has 0 heterocycles. The van der Waals surface area contributed by atoms with Gasteiger partial charge in [-0.25, -0.2) is 0 Å². The van der Waals surface area contributed by atoms with E-state index in [-0.39, 0.29) is 11.8 Å². The number of carboxylic acids is 2. The van der Waals surface area contributed by atoms with Gasteiger partial charge in [0.05, 0.1) is 11.8 Å². The molecule has 0 amide bonds. The Morgan fingerprint density at radius 3 is 1.76 bits per heavy atom. The summed E-state index contributed by atoms with van der Waals surface area (Å²) in [6.07, 6.45) is 1.78. The molecule has 0 fully saturated rings. The zero-order chi connectivity index (χ0) is 13.6. The van der Waals surface area contributed by atoms with Gasteiger partial charge in [0, 0.05) is 0 Å². The van der Waals surface area contributed by atoms with Gasteiger partial charge in [-0.15, -0.1) is 0 Å². The fourth-order valence-electron chi connectivity index (χ4n) is 2.34. The topological polar surface area (TPSA) is 74.6 Å². The summed E-state index contributed by atoms with van der Waals surface area (Å²) < 4.78 is 0. The van der Waals surface area contributed by atoms with Gasteiger partial charge in [-0.05, 0) is 24.7 Å². The van der Waals surface area contributed by atoms with E-state index in [1.165, 1.54) is 0 Å². The fourth-order valence-corrected chi connectivity index (χ4v) is 2.34. The predicted octanol–water partition coefficient (Wildman–Crippen LogP) is 2.87. The Labute approximate surface area is 103 Å². The highest BCUT2D eigenvalue weighted by atomic mass is 16.4. The van der Waals surface area contributed by atoms with Crippen molar-refractivity contribution in [2.75, 3.05) is 0 Å². The third-order valence-electron chi connectivity index (χ3n) is 3.65. The summed E-state index contributed by atoms with van der Waals surface area (Å²) in [4.78, 5) is 22.2. The molecule has 2 N–H and O–H groups in total. The van der Waals surface area contributed by atoms with Crippen molar-refractivity contribution in [1.29, 1.82) is 0 Å². The van der Waals surface area contributed by atoms with Crippen LogP contribution < -0.4 is 0 Å². The van der Waals surface area contributed by atoms with Crippen molar-refractivity contribution in [3.05, 3.63) is 0 Å². The van der Waals surface area contributed by atoms with Crippen LogP contribution in [0.15, 0.2) is 0 Å². The third kappa shape index (κ3) is 4.75. The summed E-state index contributed by atoms with van der Waals surface area (Å²) in [5, 5.41) is 18.2. The lowest BCUT2D eigenvalue weighted by atomic mass is 9.77. The zero-order valence-corrected chi connectivity index (χ0v) is 11.1. The molecule has 0 aromatic heterocycles. The summed E-state index contributed by atoms with van der Waals surface area (Å²) in [5.74, 6) is -2.55. The summed E-state index contributed by atoms with van der Waals surface area (Å²) in [6, 6.07) is 0. The van der Waals surface area contributed by atoms with E-state index in [1.54, 1.807) is 0 Å². The van der Waals surface area contributed by atoms with E-state index in [4.69, 9.17) is 5.11 Å². The second kappa shape index (κ2) is 7.30. The molecule has 4 atom stereocenters. The average molecular weight is 244 g/mol. The molecule has 4 unspecified atom stereocenters. The van der Waals surface area contributed by atoms with Crippen molar-refractivity contribution < 1.29 is 19.8 Å². The van der Waals surface area contributed by atoms with Crippen molar-refractivity contribution in [1.82, 2.24) is 0 Å². The SMILES string of the molecule is CCC(CC(C)C(C(=O)O)C(C)CC)C(=O)O. The molecule has 0 aromatic rings. The number of hydrogen-bond donors (Lipinski definition) is 2. The molecule has 0 radical (unpaired) electrons. The van der Waals surface area contributed by atoms with Crippen LogP contribution in [-0.4, -0.2) is 22.2 Å². The standard InChI is InChI=1S/C13H24O4/c1-5-8(3)11(13(16)17)9(4)7-10(6-2)12(14)15/h8-11H,5-7H2,1-4H3,(H,14,15)(H,16,17). The summed E-state index contributed by atoms with van der Waals surface area (Å²) in [6.45, 7) is 7.54. The summed E-state index contributed by atoms with van der Waals surface area (Å²) >= 11 is 0. The van der Waals surface area contributed by atoms with Crippen LogP contribution >= 0.6 is 0 Å². The van der Waals surface area contributed by atoms with Gasteiger partial charge in [0.2, 0.25) is 0 Å². The van der Waals surface area contributed by atoms with Crippen LogP contribution in [0.5, 0.6) is 0 Å². The van der Waals surface area contributed by atoms with E-state index in [0.717, 1.165) is 6.42 Å². The van der Waals surface area contributed by atoms with Gasteiger partial charge in [0.15, 0.2) is 0 Å². The number of hydrogen-bond acceptors (Lipinski definition) is 2. The molecule has 0 bridgehead atoms. The highest BCUT2D eigenvalue weighted by Gasteiger charge is 2.32. The molecule has 0 aromatic carbocycles. The van der Waals surface area contributed by atoms with Gasteiger partial charge in [-0.2, -0.15) is 0 Å². The highest BCUT2D eigenvalue weighted by molar-refractivity contribution is 5.72. The van der Waals surface area contributed by atoms with Crippen LogP contribution in [0.2, 0.25) is 0 Å². The van der Waals surface area contributed by atoms with Crippen molar-refractivity contribution in [2.24, 2.45) is 23.7 Å². The molecule has 0 rings (SSSR count). The number of aliphatic carboxylic acids is 2. The molecule has 17 heavy (non-hydrogen) atoms. The van der Waals surface area contributed by atoms with Crippen LogP contribution in [0.1, 0.15) is 47.0 Å². The number of carboxylic acid groups (broad SMARTS) is 2. The van der Waals surface area contributed by atoms with Crippen LogP contribution in [0.25, 0.3) is 0 Å². The number of rotatable bonds is 8. The van der Waals surface area contributed by atoms with Gasteiger partial charge in [-0.1, -0.05) is 34.1 Å². The first-order valence-electron chi connectivity index (χ1n) is 6.30. The summed E-state index contributed by atoms with van der Waals surface area (Å²) in [5.41, 5.74) is 0. The number of carbonyl (C=O) groups is 2. The Balaban J connectivity index is 4.67. The smallest absolute Gasteiger partial charge is 0.307 e. The predicted molar refractivity (Wildman–Crippen MR) is 65.8 cm³/mol. The Morgan fingerprint density at radius 1 is 0.941 bits per heavy atom. The van der Waals surface area contributed by atoms with E-state index in [2.05, 4.69) is 0 Å². The normalized spacial score (nSPS) is 18.1. The van der Waals surface area contributed by atoms with Gasteiger partial charge < -0.3 is 10.2 Å². The van der Waals surface area contributed by atoms with Gasteiger partial charge in [0.25, 0.3) is 0 Å². The van der Waals surface area contributed by atoms with Crippen molar-refractivity contribution in [3.8, 4) is 0 Å². The lowest BCUT2D eigenvalue weighted by Gasteiger charge is -2.27. The first-order chi connectivity index (χ1) is 7.84. The zero-order valence-electron chi connectivity index (χ0n) is 11.1. The quantitative estimate of drug-likeness (QED) is 0.688. The maximum Gasteiger partial charge on any atom is 0.307 e. The molecular formula is C13H24O4. The molecule has 0 saturated heterocycles. The van der Waals surface area contributed by atoms with E-state index in [0.29, 0.717) is 12.8 Å². The van der Waals surface area contributed by atoms with Gasteiger partial charge in [-0.3, -0.25) is 9.59 Å². The molecule has 4 heteroatoms. The minimum Gasteiger partial charge on any atom is -0.481 e. The van der Waals surface area contributed by atoms with Crippen LogP contribution in [-0.2, 0) is 9.59 Å². The first kappa shape index (κ1) is 15.9. The Morgan fingerprint density at radius 2 is 1.47 bits per heavy atom. The molecule has 0 aliphatic heterocycles. The third-order valence-corrected chi connectivity index (χ3v) is 3.65. The van der Waals surface area contributed by atoms with Gasteiger partial charge >= 0.3 is 11.9 Å². The van der Waals surface area contributed by atoms with E-state index in [1.807, 2.05) is 27.7 Å². The van der Waals surface area contributed by atoms with Gasteiger partial charge in [0.1, 0.15) is 0 Å². The molecular weight excluding hydrogens is 220 g/mol. The van der Waals surface area contributed by atoms with Crippen molar-refractivity contribution in [3.63, 3.8) is 0 Å². The monoisotopic (exact) mass is 244 g/mol. The molecule has 0 saturated carbocycles. The van der Waals surface area contributed by atoms with Crippen LogP contribution in [0, 0.1) is 23.7 Å². The minimum atomic E-state index is -0.826. The lowest BCUT2D eigenvalue weighted by Crippen LogP contribution is -2.30. The molecule has 0 aliphatic rings. The second-order valence-electron chi connectivity index (χ2n) is 4.91. The molecule has 0 aliphatic carbocycles. The molecule has 4 nitrogen and oxygen atoms in total. The minimum absolute atomic E-state index is 0.0776. The Kier molecular flexibility index (Phi) is 6.85.